The summed E-state index contributed by atoms with van der Waals surface area (Å²) < 4.78 is 0. The van der Waals surface area contributed by atoms with Crippen LogP contribution in [0.2, 0.25) is 0 Å². The van der Waals surface area contributed by atoms with Gasteiger partial charge in [0.15, 0.2) is 5.79 Å². The minimum atomic E-state index is -1.76. The van der Waals surface area contributed by atoms with E-state index in [-0.39, 0.29) is 6.42 Å². The van der Waals surface area contributed by atoms with E-state index < -0.39 is 5.79 Å². The Kier molecular flexibility index (Phi) is 4.29. The average Bonchev–Trinajstić information content (AvgIpc) is 2.69. The molecule has 0 atom stereocenters. The Morgan fingerprint density at radius 1 is 0.654 bits per heavy atom. The topological polar surface area (TPSA) is 40.5 Å². The van der Waals surface area contributed by atoms with E-state index in [1.165, 1.54) is 6.08 Å². The minimum Gasteiger partial charge on any atom is -0.362 e. The number of aliphatic hydroxyl groups is 2. The van der Waals surface area contributed by atoms with Crippen LogP contribution < -0.4 is 0 Å². The number of benzene rings is 3. The van der Waals surface area contributed by atoms with Crippen LogP contribution in [-0.4, -0.2) is 16.0 Å². The summed E-state index contributed by atoms with van der Waals surface area (Å²) in [6.45, 7) is 0. The van der Waals surface area contributed by atoms with Crippen LogP contribution in [0, 0.1) is 0 Å². The van der Waals surface area contributed by atoms with Gasteiger partial charge in [-0.3, -0.25) is 0 Å². The zero-order valence-electron chi connectivity index (χ0n) is 14.3. The predicted octanol–water partition coefficient (Wildman–Crippen LogP) is 5.04. The Morgan fingerprint density at radius 3 is 1.88 bits per heavy atom. The monoisotopic (exact) mass is 340 g/mol. The first-order chi connectivity index (χ1) is 12.6. The van der Waals surface area contributed by atoms with E-state index in [1.54, 1.807) is 6.08 Å². The summed E-state index contributed by atoms with van der Waals surface area (Å²) in [4.78, 5) is 0. The second-order valence-electron chi connectivity index (χ2n) is 6.54. The van der Waals surface area contributed by atoms with Crippen molar-refractivity contribution in [2.75, 3.05) is 0 Å². The largest absolute Gasteiger partial charge is 0.362 e. The maximum absolute atomic E-state index is 9.78. The average molecular weight is 340 g/mol. The molecule has 4 rings (SSSR count). The van der Waals surface area contributed by atoms with Gasteiger partial charge >= 0.3 is 0 Å². The molecule has 0 saturated heterocycles. The number of hydrogen-bond donors (Lipinski definition) is 2. The maximum Gasteiger partial charge on any atom is 0.186 e. The lowest BCUT2D eigenvalue weighted by molar-refractivity contribution is -0.114. The van der Waals surface area contributed by atoms with Gasteiger partial charge in [0.2, 0.25) is 0 Å². The quantitative estimate of drug-likeness (QED) is 0.655. The molecule has 0 unspecified atom stereocenters. The van der Waals surface area contributed by atoms with E-state index in [0.29, 0.717) is 0 Å². The highest BCUT2D eigenvalue weighted by molar-refractivity contribution is 5.94. The Labute approximate surface area is 153 Å². The van der Waals surface area contributed by atoms with Crippen molar-refractivity contribution in [2.24, 2.45) is 0 Å². The predicted molar refractivity (Wildman–Crippen MR) is 106 cm³/mol. The zero-order chi connectivity index (χ0) is 18.0. The molecule has 128 valence electrons. The number of rotatable bonds is 3. The van der Waals surface area contributed by atoms with Crippen LogP contribution in [0.3, 0.4) is 0 Å². The molecule has 3 aromatic rings. The summed E-state index contributed by atoms with van der Waals surface area (Å²) in [5, 5.41) is 19.6. The molecule has 0 aromatic heterocycles. The van der Waals surface area contributed by atoms with Gasteiger partial charge in [0, 0.05) is 6.42 Å². The first-order valence-electron chi connectivity index (χ1n) is 8.72. The zero-order valence-corrected chi connectivity index (χ0v) is 14.3. The maximum atomic E-state index is 9.78. The summed E-state index contributed by atoms with van der Waals surface area (Å²) in [6.07, 6.45) is 5.31. The Bertz CT molecular complexity index is 968. The standard InChI is InChI=1S/C24H20O2/c25-24(26)16-14-19(15-17-24)22-13-7-12-21(18-8-3-1-4-9-18)23(22)20-10-5-2-6-11-20/h1-16,25-26H,17H2. The third kappa shape index (κ3) is 3.25. The van der Waals surface area contributed by atoms with Crippen molar-refractivity contribution in [1.29, 1.82) is 0 Å². The van der Waals surface area contributed by atoms with Crippen LogP contribution in [-0.2, 0) is 0 Å². The lowest BCUT2D eigenvalue weighted by atomic mass is 9.85. The van der Waals surface area contributed by atoms with Crippen molar-refractivity contribution in [3.05, 3.63) is 103 Å². The summed E-state index contributed by atoms with van der Waals surface area (Å²) in [7, 11) is 0. The van der Waals surface area contributed by atoms with Gasteiger partial charge in [-0.25, -0.2) is 0 Å². The lowest BCUT2D eigenvalue weighted by Gasteiger charge is -2.22. The second kappa shape index (κ2) is 6.75. The van der Waals surface area contributed by atoms with Crippen molar-refractivity contribution in [1.82, 2.24) is 0 Å². The van der Waals surface area contributed by atoms with Crippen LogP contribution in [0.4, 0.5) is 0 Å². The van der Waals surface area contributed by atoms with Gasteiger partial charge in [-0.1, -0.05) is 91.0 Å². The SMILES string of the molecule is OC1(O)C=CC(c2cccc(-c3ccccc3)c2-c2ccccc2)=CC1. The van der Waals surface area contributed by atoms with E-state index in [0.717, 1.165) is 33.4 Å². The molecule has 1 aliphatic rings. The van der Waals surface area contributed by atoms with Crippen LogP contribution >= 0.6 is 0 Å². The van der Waals surface area contributed by atoms with Gasteiger partial charge < -0.3 is 10.2 Å². The van der Waals surface area contributed by atoms with Gasteiger partial charge in [0.1, 0.15) is 0 Å². The fraction of sp³-hybridized carbons (Fsp3) is 0.0833. The summed E-state index contributed by atoms with van der Waals surface area (Å²) in [6, 6.07) is 26.9. The van der Waals surface area contributed by atoms with Crippen LogP contribution in [0.5, 0.6) is 0 Å². The fourth-order valence-corrected chi connectivity index (χ4v) is 3.39. The molecular formula is C24H20O2. The molecule has 3 aromatic carbocycles. The molecule has 2 heteroatoms. The summed E-state index contributed by atoms with van der Waals surface area (Å²) >= 11 is 0. The third-order valence-electron chi connectivity index (χ3n) is 4.67. The molecule has 0 radical (unpaired) electrons. The van der Waals surface area contributed by atoms with E-state index in [1.807, 2.05) is 42.5 Å². The first-order valence-corrected chi connectivity index (χ1v) is 8.72. The molecule has 26 heavy (non-hydrogen) atoms. The molecule has 0 heterocycles. The summed E-state index contributed by atoms with van der Waals surface area (Å²) in [5.41, 5.74) is 6.70. The molecule has 0 saturated carbocycles. The van der Waals surface area contributed by atoms with Gasteiger partial charge in [0.25, 0.3) is 0 Å². The highest BCUT2D eigenvalue weighted by Gasteiger charge is 2.22. The van der Waals surface area contributed by atoms with Crippen LogP contribution in [0.1, 0.15) is 12.0 Å². The van der Waals surface area contributed by atoms with Crippen molar-refractivity contribution in [2.45, 2.75) is 12.2 Å². The Hall–Kier alpha value is -2.94. The third-order valence-corrected chi connectivity index (χ3v) is 4.67. The Morgan fingerprint density at radius 2 is 1.27 bits per heavy atom. The highest BCUT2D eigenvalue weighted by Crippen LogP contribution is 2.39. The molecule has 2 N–H and O–H groups in total. The molecule has 0 fully saturated rings. The molecule has 0 aliphatic heterocycles. The number of allylic oxidation sites excluding steroid dienone is 2. The Balaban J connectivity index is 1.93. The second-order valence-corrected chi connectivity index (χ2v) is 6.54. The van der Waals surface area contributed by atoms with Crippen molar-refractivity contribution in [3.63, 3.8) is 0 Å². The van der Waals surface area contributed by atoms with Gasteiger partial charge in [-0.05, 0) is 39.5 Å². The molecular weight excluding hydrogens is 320 g/mol. The molecule has 1 aliphatic carbocycles. The van der Waals surface area contributed by atoms with Crippen molar-refractivity contribution >= 4 is 5.57 Å². The van der Waals surface area contributed by atoms with Gasteiger partial charge in [0.05, 0.1) is 0 Å². The summed E-state index contributed by atoms with van der Waals surface area (Å²) in [5.74, 6) is -1.76. The van der Waals surface area contributed by atoms with Gasteiger partial charge in [-0.15, -0.1) is 0 Å². The highest BCUT2D eigenvalue weighted by atomic mass is 16.5. The van der Waals surface area contributed by atoms with Gasteiger partial charge in [-0.2, -0.15) is 0 Å². The van der Waals surface area contributed by atoms with E-state index in [9.17, 15) is 10.2 Å². The molecule has 2 nitrogen and oxygen atoms in total. The van der Waals surface area contributed by atoms with Crippen molar-refractivity contribution < 1.29 is 10.2 Å². The smallest absolute Gasteiger partial charge is 0.186 e. The van der Waals surface area contributed by atoms with Crippen LogP contribution in [0.15, 0.2) is 97.1 Å². The fourth-order valence-electron chi connectivity index (χ4n) is 3.39. The molecule has 0 bridgehead atoms. The normalized spacial score (nSPS) is 15.5. The molecule has 0 spiro atoms. The van der Waals surface area contributed by atoms with Crippen LogP contribution in [0.25, 0.3) is 27.8 Å². The van der Waals surface area contributed by atoms with Crippen molar-refractivity contribution in [3.8, 4) is 22.3 Å². The first kappa shape index (κ1) is 16.5. The molecule has 0 amide bonds. The minimum absolute atomic E-state index is 0.183. The van der Waals surface area contributed by atoms with E-state index in [2.05, 4.69) is 42.5 Å². The number of hydrogen-bond acceptors (Lipinski definition) is 2. The lowest BCUT2D eigenvalue weighted by Crippen LogP contribution is -2.25. The van der Waals surface area contributed by atoms with E-state index >= 15 is 0 Å². The van der Waals surface area contributed by atoms with E-state index in [4.69, 9.17) is 0 Å².